The van der Waals surface area contributed by atoms with Crippen molar-refractivity contribution >= 4 is 17.6 Å². The molecule has 3 heterocycles. The van der Waals surface area contributed by atoms with Gasteiger partial charge >= 0.3 is 5.97 Å². The van der Waals surface area contributed by atoms with Crippen molar-refractivity contribution in [1.82, 2.24) is 9.97 Å². The fraction of sp³-hybridized carbons (Fsp3) is 0.667. The molecule has 2 aliphatic heterocycles. The molecule has 1 aromatic rings. The lowest BCUT2D eigenvalue weighted by Gasteiger charge is -2.33. The van der Waals surface area contributed by atoms with Gasteiger partial charge in [-0.3, -0.25) is 4.79 Å². The topological polar surface area (TPSA) is 87.6 Å². The van der Waals surface area contributed by atoms with Crippen LogP contribution < -0.4 is 10.2 Å². The van der Waals surface area contributed by atoms with Crippen molar-refractivity contribution in [3.63, 3.8) is 0 Å². The van der Waals surface area contributed by atoms with E-state index in [0.717, 1.165) is 11.6 Å². The number of aliphatic carboxylic acids is 1. The van der Waals surface area contributed by atoms with E-state index in [1.165, 1.54) is 6.33 Å². The van der Waals surface area contributed by atoms with Crippen LogP contribution in [0.4, 0.5) is 11.6 Å². The molecule has 0 unspecified atom stereocenters. The Bertz CT molecular complexity index is 565. The third-order valence-electron chi connectivity index (χ3n) is 4.55. The van der Waals surface area contributed by atoms with Crippen LogP contribution >= 0.6 is 0 Å². The number of rotatable bonds is 4. The Morgan fingerprint density at radius 1 is 1.55 bits per heavy atom. The lowest BCUT2D eigenvalue weighted by molar-refractivity contribution is -0.157. The van der Waals surface area contributed by atoms with Crippen LogP contribution in [-0.4, -0.2) is 53.4 Å². The summed E-state index contributed by atoms with van der Waals surface area (Å²) in [5.74, 6) is 0.816. The van der Waals surface area contributed by atoms with Crippen molar-refractivity contribution in [1.29, 1.82) is 0 Å². The van der Waals surface area contributed by atoms with Gasteiger partial charge in [-0.05, 0) is 20.3 Å². The van der Waals surface area contributed by atoms with Gasteiger partial charge in [0.25, 0.3) is 0 Å². The molecule has 120 valence electrons. The summed E-state index contributed by atoms with van der Waals surface area (Å²) >= 11 is 0. The van der Waals surface area contributed by atoms with Crippen molar-refractivity contribution < 1.29 is 14.6 Å². The van der Waals surface area contributed by atoms with Crippen molar-refractivity contribution in [2.75, 3.05) is 36.5 Å². The average Bonchev–Trinajstić information content (AvgIpc) is 2.88. The number of anilines is 2. The highest BCUT2D eigenvalue weighted by Crippen LogP contribution is 2.43. The third kappa shape index (κ3) is 2.61. The summed E-state index contributed by atoms with van der Waals surface area (Å²) in [5, 5.41) is 13.0. The van der Waals surface area contributed by atoms with Gasteiger partial charge in [0.05, 0.1) is 12.0 Å². The maximum Gasteiger partial charge on any atom is 0.311 e. The highest BCUT2D eigenvalue weighted by atomic mass is 16.5. The predicted molar refractivity (Wildman–Crippen MR) is 82.0 cm³/mol. The largest absolute Gasteiger partial charge is 0.481 e. The first-order valence-electron chi connectivity index (χ1n) is 7.66. The van der Waals surface area contributed by atoms with E-state index in [9.17, 15) is 9.90 Å². The Morgan fingerprint density at radius 2 is 2.36 bits per heavy atom. The van der Waals surface area contributed by atoms with E-state index < -0.39 is 11.4 Å². The van der Waals surface area contributed by atoms with E-state index in [1.807, 2.05) is 24.8 Å². The van der Waals surface area contributed by atoms with Gasteiger partial charge in [-0.25, -0.2) is 9.97 Å². The van der Waals surface area contributed by atoms with Crippen molar-refractivity contribution in [2.45, 2.75) is 26.3 Å². The Hall–Kier alpha value is -1.89. The summed E-state index contributed by atoms with van der Waals surface area (Å²) in [6.45, 7) is 6.25. The molecule has 0 spiro atoms. The molecule has 2 atom stereocenters. The Morgan fingerprint density at radius 3 is 3.05 bits per heavy atom. The highest BCUT2D eigenvalue weighted by molar-refractivity contribution is 5.77. The smallest absolute Gasteiger partial charge is 0.311 e. The maximum absolute atomic E-state index is 11.8. The van der Waals surface area contributed by atoms with E-state index in [-0.39, 0.29) is 12.0 Å². The fourth-order valence-electron chi connectivity index (χ4n) is 3.37. The summed E-state index contributed by atoms with van der Waals surface area (Å²) < 4.78 is 5.48. The lowest BCUT2D eigenvalue weighted by Crippen LogP contribution is -2.44. The van der Waals surface area contributed by atoms with E-state index in [4.69, 9.17) is 4.74 Å². The molecule has 2 saturated heterocycles. The van der Waals surface area contributed by atoms with Crippen LogP contribution in [0.15, 0.2) is 12.4 Å². The van der Waals surface area contributed by atoms with Crippen LogP contribution in [0.5, 0.6) is 0 Å². The molecule has 7 nitrogen and oxygen atoms in total. The summed E-state index contributed by atoms with van der Waals surface area (Å²) in [6.07, 6.45) is 2.08. The first-order valence-corrected chi connectivity index (χ1v) is 7.66. The molecule has 2 fully saturated rings. The Kier molecular flexibility index (Phi) is 3.90. The number of fused-ring (bicyclic) bond motifs is 1. The molecule has 0 saturated carbocycles. The summed E-state index contributed by atoms with van der Waals surface area (Å²) in [4.78, 5) is 22.4. The number of carboxylic acid groups (broad SMARTS) is 1. The van der Waals surface area contributed by atoms with Gasteiger partial charge in [0.1, 0.15) is 18.0 Å². The number of carbonyl (C=O) groups is 1. The molecule has 2 N–H and O–H groups in total. The van der Waals surface area contributed by atoms with E-state index in [0.29, 0.717) is 32.7 Å². The molecule has 0 radical (unpaired) electrons. The quantitative estimate of drug-likeness (QED) is 0.865. The van der Waals surface area contributed by atoms with Crippen molar-refractivity contribution in [2.24, 2.45) is 11.3 Å². The minimum Gasteiger partial charge on any atom is -0.481 e. The second-order valence-corrected chi connectivity index (χ2v) is 6.42. The van der Waals surface area contributed by atoms with Crippen molar-refractivity contribution in [3.8, 4) is 0 Å². The van der Waals surface area contributed by atoms with Gasteiger partial charge in [0, 0.05) is 37.7 Å². The second kappa shape index (κ2) is 5.72. The maximum atomic E-state index is 11.8. The van der Waals surface area contributed by atoms with Crippen LogP contribution in [-0.2, 0) is 9.53 Å². The fourth-order valence-corrected chi connectivity index (χ4v) is 3.37. The summed E-state index contributed by atoms with van der Waals surface area (Å²) in [5.41, 5.74) is -0.713. The Labute approximate surface area is 129 Å². The molecular formula is C15H22N4O3. The molecular weight excluding hydrogens is 284 g/mol. The minimum absolute atomic E-state index is 0.00947. The van der Waals surface area contributed by atoms with Gasteiger partial charge in [0.15, 0.2) is 0 Å². The predicted octanol–water partition coefficient (Wildman–Crippen LogP) is 1.22. The number of aromatic nitrogens is 2. The molecule has 1 aromatic heterocycles. The molecule has 7 heteroatoms. The minimum atomic E-state index is -0.724. The molecule has 22 heavy (non-hydrogen) atoms. The van der Waals surface area contributed by atoms with Crippen LogP contribution in [0, 0.1) is 11.3 Å². The van der Waals surface area contributed by atoms with Crippen LogP contribution in [0.1, 0.15) is 20.3 Å². The van der Waals surface area contributed by atoms with Crippen LogP contribution in [0.3, 0.4) is 0 Å². The first-order chi connectivity index (χ1) is 10.5. The van der Waals surface area contributed by atoms with Crippen LogP contribution in [0.25, 0.3) is 0 Å². The lowest BCUT2D eigenvalue weighted by atomic mass is 9.74. The highest BCUT2D eigenvalue weighted by Gasteiger charge is 2.54. The number of nitrogens with zero attached hydrogens (tertiary/aromatic N) is 3. The van der Waals surface area contributed by atoms with Gasteiger partial charge in [-0.2, -0.15) is 0 Å². The molecule has 0 bridgehead atoms. The average molecular weight is 306 g/mol. The van der Waals surface area contributed by atoms with E-state index in [1.54, 1.807) is 0 Å². The first kappa shape index (κ1) is 15.0. The SMILES string of the molecule is CC(C)Nc1cc(N2C[C@@H]3COCC[C@]3(C(=O)O)C2)ncn1. The van der Waals surface area contributed by atoms with Gasteiger partial charge in [0.2, 0.25) is 0 Å². The molecule has 2 aliphatic rings. The van der Waals surface area contributed by atoms with Crippen molar-refractivity contribution in [3.05, 3.63) is 12.4 Å². The van der Waals surface area contributed by atoms with Gasteiger partial charge in [-0.1, -0.05) is 0 Å². The summed E-state index contributed by atoms with van der Waals surface area (Å²) in [6, 6.07) is 2.16. The number of nitrogens with one attached hydrogen (secondary N) is 1. The normalized spacial score (nSPS) is 27.8. The zero-order valence-corrected chi connectivity index (χ0v) is 13.0. The molecule has 0 amide bonds. The number of carboxylic acids is 1. The van der Waals surface area contributed by atoms with Gasteiger partial charge < -0.3 is 20.1 Å². The monoisotopic (exact) mass is 306 g/mol. The Balaban J connectivity index is 1.83. The van der Waals surface area contributed by atoms with E-state index >= 15 is 0 Å². The molecule has 3 rings (SSSR count). The summed E-state index contributed by atoms with van der Waals surface area (Å²) in [7, 11) is 0. The number of ether oxygens (including phenoxy) is 1. The second-order valence-electron chi connectivity index (χ2n) is 6.42. The standard InChI is InChI=1S/C15H22N4O3/c1-10(2)18-12-5-13(17-9-16-12)19-6-11-7-22-4-3-15(11,8-19)14(20)21/h5,9-11H,3-4,6-8H2,1-2H3,(H,20,21)(H,16,17,18)/t11-,15+/m1/s1. The van der Waals surface area contributed by atoms with Crippen LogP contribution in [0.2, 0.25) is 0 Å². The zero-order chi connectivity index (χ0) is 15.7. The molecule has 0 aromatic carbocycles. The van der Waals surface area contributed by atoms with Gasteiger partial charge in [-0.15, -0.1) is 0 Å². The van der Waals surface area contributed by atoms with E-state index in [2.05, 4.69) is 15.3 Å². The number of hydrogen-bond acceptors (Lipinski definition) is 6. The zero-order valence-electron chi connectivity index (χ0n) is 13.0. The number of hydrogen-bond donors (Lipinski definition) is 2. The third-order valence-corrected chi connectivity index (χ3v) is 4.55. The molecule has 0 aliphatic carbocycles.